The molecule has 0 aliphatic heterocycles. The van der Waals surface area contributed by atoms with Crippen molar-refractivity contribution in [2.24, 2.45) is 0 Å². The predicted molar refractivity (Wildman–Crippen MR) is 138 cm³/mol. The standard InChI is InChI=1S/C26H20N6O4S/c1-26(2,14-27)16-5-7-17(8-6-16)32-23-18(24(33)31-25(32)34)13-28-20-10-9-19(30-22(20)23)15-4-11-21(29-12-15)37(3,35)36/h4-13H,1-3H3,(H,31,33,34). The Kier molecular flexibility index (Phi) is 5.49. The van der Waals surface area contributed by atoms with E-state index < -0.39 is 26.5 Å². The lowest BCUT2D eigenvalue weighted by Crippen LogP contribution is -2.29. The molecule has 0 unspecified atom stereocenters. The third-order valence-corrected chi connectivity index (χ3v) is 7.12. The van der Waals surface area contributed by atoms with Crippen LogP contribution in [0.3, 0.4) is 0 Å². The van der Waals surface area contributed by atoms with Crippen molar-refractivity contribution in [3.8, 4) is 23.0 Å². The molecule has 4 aromatic heterocycles. The van der Waals surface area contributed by atoms with Crippen LogP contribution in [0.2, 0.25) is 0 Å². The molecular formula is C26H20N6O4S. The summed E-state index contributed by atoms with van der Waals surface area (Å²) in [5, 5.41) is 9.56. The molecular weight excluding hydrogens is 492 g/mol. The van der Waals surface area contributed by atoms with E-state index in [1.807, 2.05) is 0 Å². The molecule has 0 amide bonds. The van der Waals surface area contributed by atoms with Crippen LogP contribution < -0.4 is 11.2 Å². The molecule has 0 aliphatic rings. The lowest BCUT2D eigenvalue weighted by Gasteiger charge is -2.17. The van der Waals surface area contributed by atoms with Crippen LogP contribution >= 0.6 is 0 Å². The van der Waals surface area contributed by atoms with Gasteiger partial charge >= 0.3 is 5.69 Å². The minimum atomic E-state index is -3.46. The number of aromatic amines is 1. The van der Waals surface area contributed by atoms with E-state index in [1.165, 1.54) is 23.0 Å². The zero-order valence-corrected chi connectivity index (χ0v) is 20.9. The molecule has 37 heavy (non-hydrogen) atoms. The van der Waals surface area contributed by atoms with Gasteiger partial charge < -0.3 is 0 Å². The number of nitriles is 1. The van der Waals surface area contributed by atoms with Crippen molar-refractivity contribution >= 4 is 31.8 Å². The Morgan fingerprint density at radius 2 is 1.70 bits per heavy atom. The van der Waals surface area contributed by atoms with Crippen LogP contribution in [0, 0.1) is 11.3 Å². The summed E-state index contributed by atoms with van der Waals surface area (Å²) in [4.78, 5) is 41.2. The topological polar surface area (TPSA) is 151 Å². The molecule has 5 rings (SSSR count). The smallest absolute Gasteiger partial charge is 0.273 e. The second-order valence-electron chi connectivity index (χ2n) is 9.12. The van der Waals surface area contributed by atoms with Crippen LogP contribution in [-0.2, 0) is 15.3 Å². The second kappa shape index (κ2) is 8.46. The summed E-state index contributed by atoms with van der Waals surface area (Å²) in [7, 11) is -3.46. The van der Waals surface area contributed by atoms with Gasteiger partial charge in [-0.1, -0.05) is 12.1 Å². The molecule has 11 heteroatoms. The Morgan fingerprint density at radius 3 is 2.32 bits per heavy atom. The van der Waals surface area contributed by atoms with E-state index in [0.717, 1.165) is 11.8 Å². The first-order valence-corrected chi connectivity index (χ1v) is 13.0. The number of benzene rings is 1. The van der Waals surface area contributed by atoms with Crippen molar-refractivity contribution in [3.05, 3.63) is 87.3 Å². The zero-order chi connectivity index (χ0) is 26.5. The highest BCUT2D eigenvalue weighted by atomic mass is 32.2. The average Bonchev–Trinajstić information content (AvgIpc) is 2.88. The maximum Gasteiger partial charge on any atom is 0.333 e. The molecule has 184 valence electrons. The second-order valence-corrected chi connectivity index (χ2v) is 11.1. The van der Waals surface area contributed by atoms with Crippen molar-refractivity contribution < 1.29 is 8.42 Å². The number of nitrogens with zero attached hydrogens (tertiary/aromatic N) is 5. The Morgan fingerprint density at radius 1 is 0.973 bits per heavy atom. The lowest BCUT2D eigenvalue weighted by atomic mass is 9.86. The van der Waals surface area contributed by atoms with E-state index in [0.29, 0.717) is 28.0 Å². The molecule has 10 nitrogen and oxygen atoms in total. The third kappa shape index (κ3) is 4.17. The van der Waals surface area contributed by atoms with Gasteiger partial charge in [-0.25, -0.2) is 23.2 Å². The molecule has 0 saturated carbocycles. The maximum atomic E-state index is 13.1. The van der Waals surface area contributed by atoms with Crippen LogP contribution in [0.1, 0.15) is 19.4 Å². The molecule has 0 radical (unpaired) electrons. The average molecular weight is 513 g/mol. The molecule has 1 aromatic carbocycles. The van der Waals surface area contributed by atoms with E-state index in [1.54, 1.807) is 56.3 Å². The van der Waals surface area contributed by atoms with E-state index in [-0.39, 0.29) is 15.9 Å². The number of fused-ring (bicyclic) bond motifs is 3. The van der Waals surface area contributed by atoms with Crippen molar-refractivity contribution in [2.75, 3.05) is 6.26 Å². The highest BCUT2D eigenvalue weighted by Crippen LogP contribution is 2.27. The molecule has 0 atom stereocenters. The summed E-state index contributed by atoms with van der Waals surface area (Å²) in [5.41, 5.74) is 1.33. The number of sulfone groups is 1. The van der Waals surface area contributed by atoms with E-state index in [4.69, 9.17) is 4.98 Å². The van der Waals surface area contributed by atoms with Crippen LogP contribution in [0.15, 0.2) is 75.5 Å². The van der Waals surface area contributed by atoms with Gasteiger partial charge in [-0.15, -0.1) is 0 Å². The quantitative estimate of drug-likeness (QED) is 0.361. The largest absolute Gasteiger partial charge is 0.333 e. The first kappa shape index (κ1) is 24.0. The maximum absolute atomic E-state index is 13.1. The van der Waals surface area contributed by atoms with E-state index in [9.17, 15) is 23.3 Å². The molecule has 0 spiro atoms. The lowest BCUT2D eigenvalue weighted by molar-refractivity contribution is 0.598. The third-order valence-electron chi connectivity index (χ3n) is 6.12. The molecule has 0 fully saturated rings. The number of H-pyrrole nitrogens is 1. The van der Waals surface area contributed by atoms with Crippen molar-refractivity contribution in [1.82, 2.24) is 24.5 Å². The predicted octanol–water partition coefficient (Wildman–Crippen LogP) is 2.89. The summed E-state index contributed by atoms with van der Waals surface area (Å²) >= 11 is 0. The fourth-order valence-corrected chi connectivity index (χ4v) is 4.58. The summed E-state index contributed by atoms with van der Waals surface area (Å²) in [6.45, 7) is 3.59. The number of aromatic nitrogens is 5. The number of rotatable bonds is 4. The van der Waals surface area contributed by atoms with Gasteiger partial charge in [-0.2, -0.15) is 5.26 Å². The molecule has 5 aromatic rings. The van der Waals surface area contributed by atoms with Gasteiger partial charge in [0.05, 0.1) is 39.3 Å². The van der Waals surface area contributed by atoms with Gasteiger partial charge in [0, 0.05) is 24.2 Å². The fraction of sp³-hybridized carbons (Fsp3) is 0.154. The first-order chi connectivity index (χ1) is 17.5. The van der Waals surface area contributed by atoms with Crippen LogP contribution in [0.5, 0.6) is 0 Å². The van der Waals surface area contributed by atoms with Crippen molar-refractivity contribution in [3.63, 3.8) is 0 Å². The molecule has 1 N–H and O–H groups in total. The SMILES string of the molecule is CC(C)(C#N)c1ccc(-n2c(=O)[nH]c(=O)c3cnc4ccc(-c5ccc(S(C)(=O)=O)nc5)nc4c32)cc1. The van der Waals surface area contributed by atoms with E-state index >= 15 is 0 Å². The Bertz CT molecular complexity index is 1970. The van der Waals surface area contributed by atoms with Gasteiger partial charge in [0.25, 0.3) is 5.56 Å². The van der Waals surface area contributed by atoms with Crippen molar-refractivity contribution in [1.29, 1.82) is 5.26 Å². The van der Waals surface area contributed by atoms with Gasteiger partial charge in [0.2, 0.25) is 0 Å². The van der Waals surface area contributed by atoms with Crippen LogP contribution in [0.25, 0.3) is 38.9 Å². The Hall–Kier alpha value is -4.69. The molecule has 4 heterocycles. The number of nitrogens with one attached hydrogen (secondary N) is 1. The summed E-state index contributed by atoms with van der Waals surface area (Å²) in [5.74, 6) is 0. The fourth-order valence-electron chi connectivity index (χ4n) is 4.02. The van der Waals surface area contributed by atoms with Gasteiger partial charge in [0.15, 0.2) is 14.9 Å². The monoisotopic (exact) mass is 512 g/mol. The zero-order valence-electron chi connectivity index (χ0n) is 20.1. The Balaban J connectivity index is 1.77. The number of hydrogen-bond donors (Lipinski definition) is 1. The number of pyridine rings is 3. The first-order valence-electron chi connectivity index (χ1n) is 11.1. The van der Waals surface area contributed by atoms with Crippen LogP contribution in [-0.4, -0.2) is 39.2 Å². The Labute approximate surface area is 210 Å². The van der Waals surface area contributed by atoms with Gasteiger partial charge in [0.1, 0.15) is 5.52 Å². The molecule has 0 aliphatic carbocycles. The minimum Gasteiger partial charge on any atom is -0.273 e. The summed E-state index contributed by atoms with van der Waals surface area (Å²) in [6.07, 6.45) is 3.87. The number of hydrogen-bond acceptors (Lipinski definition) is 8. The minimum absolute atomic E-state index is 0.0625. The highest BCUT2D eigenvalue weighted by Gasteiger charge is 2.21. The highest BCUT2D eigenvalue weighted by molar-refractivity contribution is 7.90. The van der Waals surface area contributed by atoms with Crippen molar-refractivity contribution in [2.45, 2.75) is 24.3 Å². The van der Waals surface area contributed by atoms with Gasteiger partial charge in [-0.05, 0) is 55.8 Å². The molecule has 0 saturated heterocycles. The summed E-state index contributed by atoms with van der Waals surface area (Å²) in [6, 6.07) is 15.6. The normalized spacial score (nSPS) is 12.1. The van der Waals surface area contributed by atoms with Gasteiger partial charge in [-0.3, -0.25) is 19.3 Å². The molecule has 0 bridgehead atoms. The summed E-state index contributed by atoms with van der Waals surface area (Å²) < 4.78 is 24.9. The van der Waals surface area contributed by atoms with E-state index in [2.05, 4.69) is 21.0 Å². The van der Waals surface area contributed by atoms with Crippen LogP contribution in [0.4, 0.5) is 0 Å².